The number of nitrogens with zero attached hydrogens (tertiary/aromatic N) is 1. The normalized spacial score (nSPS) is 39.0. The Bertz CT molecular complexity index is 689. The Balaban J connectivity index is 1.45. The third kappa shape index (κ3) is 3.84. The molecule has 4 aliphatic rings. The summed E-state index contributed by atoms with van der Waals surface area (Å²) >= 11 is 1.64. The molecule has 29 heavy (non-hydrogen) atoms. The van der Waals surface area contributed by atoms with Crippen LogP contribution in [0.4, 0.5) is 0 Å². The molecule has 0 spiro atoms. The summed E-state index contributed by atoms with van der Waals surface area (Å²) in [6.07, 6.45) is 5.24. The minimum Gasteiger partial charge on any atom is -0.477 e. The van der Waals surface area contributed by atoms with E-state index < -0.39 is 18.0 Å². The monoisotopic (exact) mass is 423 g/mol. The van der Waals surface area contributed by atoms with E-state index in [2.05, 4.69) is 10.6 Å². The third-order valence-corrected chi connectivity index (χ3v) is 8.68. The summed E-state index contributed by atoms with van der Waals surface area (Å²) < 4.78 is 0. The van der Waals surface area contributed by atoms with Gasteiger partial charge < -0.3 is 25.7 Å². The predicted molar refractivity (Wildman–Crippen MR) is 112 cm³/mol. The van der Waals surface area contributed by atoms with Gasteiger partial charge in [-0.1, -0.05) is 13.3 Å². The number of carbonyl (C=O) groups is 2. The van der Waals surface area contributed by atoms with Crippen molar-refractivity contribution >= 4 is 23.6 Å². The average molecular weight is 424 g/mol. The number of thioether (sulfide) groups is 1. The van der Waals surface area contributed by atoms with Crippen molar-refractivity contribution < 1.29 is 19.8 Å². The Labute approximate surface area is 176 Å². The summed E-state index contributed by atoms with van der Waals surface area (Å²) in [4.78, 5) is 26.7. The van der Waals surface area contributed by atoms with Crippen molar-refractivity contribution in [3.05, 3.63) is 10.6 Å². The van der Waals surface area contributed by atoms with Crippen LogP contribution in [0.3, 0.4) is 0 Å². The number of fused-ring (bicyclic) bond motifs is 1. The van der Waals surface area contributed by atoms with Crippen LogP contribution in [-0.2, 0) is 9.59 Å². The first kappa shape index (κ1) is 21.2. The fraction of sp³-hybridized carbons (Fsp3) is 0.810. The minimum absolute atomic E-state index is 0.0481. The van der Waals surface area contributed by atoms with Crippen molar-refractivity contribution in [3.63, 3.8) is 0 Å². The highest BCUT2D eigenvalue weighted by molar-refractivity contribution is 8.03. The molecule has 4 aliphatic heterocycles. The lowest BCUT2D eigenvalue weighted by Crippen LogP contribution is -2.63. The fourth-order valence-corrected chi connectivity index (χ4v) is 7.15. The number of aliphatic hydroxyl groups excluding tert-OH is 1. The zero-order chi connectivity index (χ0) is 20.7. The Morgan fingerprint density at radius 1 is 1.28 bits per heavy atom. The molecule has 8 heteroatoms. The highest BCUT2D eigenvalue weighted by Crippen LogP contribution is 2.52. The van der Waals surface area contributed by atoms with Gasteiger partial charge in [-0.25, -0.2) is 4.79 Å². The first-order valence-corrected chi connectivity index (χ1v) is 11.9. The Kier molecular flexibility index (Phi) is 6.25. The minimum atomic E-state index is -1.03. The second-order valence-electron chi connectivity index (χ2n) is 9.06. The van der Waals surface area contributed by atoms with Crippen molar-refractivity contribution in [2.45, 2.75) is 69.4 Å². The zero-order valence-electron chi connectivity index (χ0n) is 17.3. The first-order chi connectivity index (χ1) is 13.9. The molecule has 0 radical (unpaired) electrons. The largest absolute Gasteiger partial charge is 0.477 e. The molecule has 4 N–H and O–H groups in total. The van der Waals surface area contributed by atoms with E-state index in [9.17, 15) is 19.8 Å². The van der Waals surface area contributed by atoms with Crippen LogP contribution in [0.15, 0.2) is 10.6 Å². The molecule has 0 aromatic rings. The highest BCUT2D eigenvalue weighted by atomic mass is 32.2. The van der Waals surface area contributed by atoms with E-state index in [1.165, 1.54) is 30.6 Å². The molecule has 0 saturated carbocycles. The lowest BCUT2D eigenvalue weighted by Gasteiger charge is -2.46. The summed E-state index contributed by atoms with van der Waals surface area (Å²) in [7, 11) is 0. The molecule has 0 aromatic heterocycles. The molecule has 3 fully saturated rings. The molecule has 7 nitrogen and oxygen atoms in total. The molecule has 1 unspecified atom stereocenters. The molecular weight excluding hydrogens is 390 g/mol. The van der Waals surface area contributed by atoms with Crippen molar-refractivity contribution in [1.29, 1.82) is 0 Å². The molecule has 4 rings (SSSR count). The number of β-lactam (4-membered cyclic amide) rings is 1. The quantitative estimate of drug-likeness (QED) is 0.496. The summed E-state index contributed by atoms with van der Waals surface area (Å²) in [6, 6.07) is 0.264. The van der Waals surface area contributed by atoms with Crippen molar-refractivity contribution in [3.8, 4) is 0 Å². The van der Waals surface area contributed by atoms with Crippen LogP contribution in [-0.4, -0.2) is 70.1 Å². The van der Waals surface area contributed by atoms with Gasteiger partial charge in [0.25, 0.3) is 0 Å². The number of amides is 1. The van der Waals surface area contributed by atoms with Gasteiger partial charge in [-0.2, -0.15) is 0 Å². The van der Waals surface area contributed by atoms with Gasteiger partial charge in [-0.15, -0.1) is 11.8 Å². The van der Waals surface area contributed by atoms with Crippen LogP contribution < -0.4 is 10.6 Å². The lowest BCUT2D eigenvalue weighted by atomic mass is 9.79. The number of aliphatic hydroxyl groups is 1. The highest BCUT2D eigenvalue weighted by Gasteiger charge is 2.60. The second-order valence-corrected chi connectivity index (χ2v) is 10.4. The molecule has 7 atom stereocenters. The smallest absolute Gasteiger partial charge is 0.353 e. The average Bonchev–Trinajstić information content (AvgIpc) is 3.17. The lowest BCUT2D eigenvalue weighted by molar-refractivity contribution is -0.163. The Morgan fingerprint density at radius 3 is 2.79 bits per heavy atom. The van der Waals surface area contributed by atoms with Gasteiger partial charge >= 0.3 is 5.97 Å². The number of carbonyl (C=O) groups excluding carboxylic acids is 1. The van der Waals surface area contributed by atoms with Crippen LogP contribution in [0, 0.1) is 17.8 Å². The van der Waals surface area contributed by atoms with Gasteiger partial charge in [0, 0.05) is 28.7 Å². The van der Waals surface area contributed by atoms with Crippen LogP contribution in [0.1, 0.15) is 46.0 Å². The molecule has 3 saturated heterocycles. The topological polar surface area (TPSA) is 102 Å². The summed E-state index contributed by atoms with van der Waals surface area (Å²) in [5.41, 5.74) is 0.146. The van der Waals surface area contributed by atoms with Gasteiger partial charge in [0.2, 0.25) is 5.91 Å². The summed E-state index contributed by atoms with van der Waals surface area (Å²) in [6.45, 7) is 6.69. The van der Waals surface area contributed by atoms with E-state index in [0.717, 1.165) is 31.0 Å². The van der Waals surface area contributed by atoms with Crippen LogP contribution >= 0.6 is 11.8 Å². The van der Waals surface area contributed by atoms with Crippen molar-refractivity contribution in [2.75, 3.05) is 19.6 Å². The maximum atomic E-state index is 12.5. The van der Waals surface area contributed by atoms with Gasteiger partial charge in [-0.3, -0.25) is 4.79 Å². The van der Waals surface area contributed by atoms with E-state index >= 15 is 0 Å². The van der Waals surface area contributed by atoms with Crippen molar-refractivity contribution in [2.24, 2.45) is 17.8 Å². The molecule has 1 amide bonds. The number of carboxylic acids is 1. The molecule has 162 valence electrons. The summed E-state index contributed by atoms with van der Waals surface area (Å²) in [5, 5.41) is 27.3. The van der Waals surface area contributed by atoms with Crippen LogP contribution in [0.2, 0.25) is 0 Å². The number of hydrogen-bond donors (Lipinski definition) is 4. The SMILES string of the molecule is C[C@@H](O)[C@H]1C(=O)N2C(C(=O)O)=C(S[C@@H]3CN[C@H](C4CCCCNCC4)C3)[C@H](C)[C@H]12. The predicted octanol–water partition coefficient (Wildman–Crippen LogP) is 1.38. The van der Waals surface area contributed by atoms with E-state index in [0.29, 0.717) is 17.2 Å². The fourth-order valence-electron chi connectivity index (χ4n) is 5.66. The number of hydrogen-bond acceptors (Lipinski definition) is 6. The van der Waals surface area contributed by atoms with Gasteiger partial charge in [0.1, 0.15) is 5.70 Å². The number of aliphatic carboxylic acids is 1. The van der Waals surface area contributed by atoms with E-state index in [1.54, 1.807) is 18.7 Å². The third-order valence-electron chi connectivity index (χ3n) is 7.17. The molecular formula is C21H33N3O4S. The van der Waals surface area contributed by atoms with E-state index in [4.69, 9.17) is 0 Å². The molecule has 0 aliphatic carbocycles. The number of carboxylic acid groups (broad SMARTS) is 1. The van der Waals surface area contributed by atoms with Gasteiger partial charge in [0.15, 0.2) is 0 Å². The van der Waals surface area contributed by atoms with Gasteiger partial charge in [0.05, 0.1) is 18.1 Å². The number of nitrogens with one attached hydrogen (secondary N) is 2. The molecule has 4 heterocycles. The standard InChI is InChI=1S/C21H33N3O4S/c1-11-17-16(12(2)25)20(26)24(17)18(21(27)28)19(11)29-14-9-15(23-10-14)13-5-3-4-7-22-8-6-13/h11-17,22-23,25H,3-10H2,1-2H3,(H,27,28)/t11-,12-,13?,14+,15+,16-,17-/m1/s1. The van der Waals surface area contributed by atoms with E-state index in [-0.39, 0.29) is 23.6 Å². The molecule has 0 aromatic carbocycles. The van der Waals surface area contributed by atoms with Crippen LogP contribution in [0.25, 0.3) is 0 Å². The zero-order valence-corrected chi connectivity index (χ0v) is 18.1. The summed E-state index contributed by atoms with van der Waals surface area (Å²) in [5.74, 6) is -1.16. The van der Waals surface area contributed by atoms with Crippen LogP contribution in [0.5, 0.6) is 0 Å². The Hall–Kier alpha value is -1.09. The Morgan fingerprint density at radius 2 is 2.07 bits per heavy atom. The maximum Gasteiger partial charge on any atom is 0.353 e. The molecule has 0 bridgehead atoms. The van der Waals surface area contributed by atoms with Crippen molar-refractivity contribution in [1.82, 2.24) is 15.5 Å². The number of rotatable bonds is 5. The maximum absolute atomic E-state index is 12.5. The van der Waals surface area contributed by atoms with E-state index in [1.807, 2.05) is 6.92 Å². The second kappa shape index (κ2) is 8.57. The van der Waals surface area contributed by atoms with Gasteiger partial charge in [-0.05, 0) is 51.6 Å². The first-order valence-electron chi connectivity index (χ1n) is 11.0.